The number of methoxy groups -OCH3 is 1. The molecule has 1 N–H and O–H groups in total. The number of likely N-dealkylation sites (tertiary alicyclic amines) is 1. The van der Waals surface area contributed by atoms with E-state index in [0.717, 1.165) is 30.0 Å². The number of aromatic hydroxyl groups is 1. The number of phenols is 1. The van der Waals surface area contributed by atoms with Crippen LogP contribution in [0.15, 0.2) is 48.5 Å². The molecular formula is C19H23NO2. The minimum Gasteiger partial charge on any atom is -0.508 e. The molecule has 0 radical (unpaired) electrons. The van der Waals surface area contributed by atoms with Crippen LogP contribution in [0.5, 0.6) is 11.5 Å². The van der Waals surface area contributed by atoms with Crippen molar-refractivity contribution in [3.8, 4) is 11.5 Å². The Morgan fingerprint density at radius 3 is 2.23 bits per heavy atom. The molecule has 3 rings (SSSR count). The van der Waals surface area contributed by atoms with E-state index in [2.05, 4.69) is 11.0 Å². The summed E-state index contributed by atoms with van der Waals surface area (Å²) in [6.45, 7) is 2.11. The number of rotatable bonds is 4. The van der Waals surface area contributed by atoms with Crippen molar-refractivity contribution in [3.05, 3.63) is 59.7 Å². The fourth-order valence-electron chi connectivity index (χ4n) is 3.35. The highest BCUT2D eigenvalue weighted by Crippen LogP contribution is 2.39. The second-order valence-corrected chi connectivity index (χ2v) is 5.80. The van der Waals surface area contributed by atoms with Crippen molar-refractivity contribution in [1.82, 2.24) is 4.90 Å². The summed E-state index contributed by atoms with van der Waals surface area (Å²) >= 11 is 0. The molecule has 0 aliphatic carbocycles. The number of hydrogen-bond donors (Lipinski definition) is 1. The van der Waals surface area contributed by atoms with E-state index in [1.54, 1.807) is 13.2 Å². The first-order valence-electron chi connectivity index (χ1n) is 7.96. The van der Waals surface area contributed by atoms with Crippen LogP contribution in [0.3, 0.4) is 0 Å². The molecule has 1 aliphatic heterocycles. The number of nitrogens with zero attached hydrogens (tertiary/aromatic N) is 1. The summed E-state index contributed by atoms with van der Waals surface area (Å²) in [6.07, 6.45) is 3.70. The first-order valence-corrected chi connectivity index (χ1v) is 7.96. The van der Waals surface area contributed by atoms with Crippen LogP contribution in [-0.4, -0.2) is 30.2 Å². The molecule has 0 aromatic heterocycles. The lowest BCUT2D eigenvalue weighted by Crippen LogP contribution is -2.34. The summed E-state index contributed by atoms with van der Waals surface area (Å²) in [5.41, 5.74) is 2.07. The molecule has 22 heavy (non-hydrogen) atoms. The third-order valence-corrected chi connectivity index (χ3v) is 4.42. The lowest BCUT2D eigenvalue weighted by Gasteiger charge is -2.36. The van der Waals surface area contributed by atoms with Crippen LogP contribution in [0, 0.1) is 0 Å². The van der Waals surface area contributed by atoms with Gasteiger partial charge in [-0.2, -0.15) is 0 Å². The van der Waals surface area contributed by atoms with Crippen LogP contribution in [0.25, 0.3) is 0 Å². The van der Waals surface area contributed by atoms with Crippen molar-refractivity contribution in [2.75, 3.05) is 20.2 Å². The number of benzene rings is 2. The molecule has 2 aromatic carbocycles. The highest BCUT2D eigenvalue weighted by molar-refractivity contribution is 5.46. The van der Waals surface area contributed by atoms with Gasteiger partial charge in [0.1, 0.15) is 11.5 Å². The molecule has 2 aromatic rings. The molecule has 3 nitrogen and oxygen atoms in total. The van der Waals surface area contributed by atoms with Crippen LogP contribution in [0.2, 0.25) is 0 Å². The molecule has 3 heteroatoms. The standard InChI is InChI=1S/C19H23NO2/c1-22-18-12-6-4-10-16(18)19(20-13-7-2-8-14-20)15-9-3-5-11-17(15)21/h3-6,9-12,19,21H,2,7-8,13-14H2,1H3. The monoisotopic (exact) mass is 297 g/mol. The second kappa shape index (κ2) is 6.84. The van der Waals surface area contributed by atoms with Gasteiger partial charge in [0.05, 0.1) is 13.2 Å². The number of hydrogen-bond acceptors (Lipinski definition) is 3. The normalized spacial score (nSPS) is 17.1. The summed E-state index contributed by atoms with van der Waals surface area (Å²) in [6, 6.07) is 15.8. The maximum atomic E-state index is 10.4. The number of piperidine rings is 1. The minimum absolute atomic E-state index is 0.0395. The molecule has 1 atom stereocenters. The molecule has 0 bridgehead atoms. The topological polar surface area (TPSA) is 32.7 Å². The Hall–Kier alpha value is -2.00. The van der Waals surface area contributed by atoms with Gasteiger partial charge >= 0.3 is 0 Å². The van der Waals surface area contributed by atoms with Gasteiger partial charge in [-0.15, -0.1) is 0 Å². The van der Waals surface area contributed by atoms with Gasteiger partial charge in [-0.1, -0.05) is 42.8 Å². The number of ether oxygens (including phenoxy) is 1. The molecule has 1 unspecified atom stereocenters. The lowest BCUT2D eigenvalue weighted by atomic mass is 9.93. The predicted octanol–water partition coefficient (Wildman–Crippen LogP) is 3.98. The van der Waals surface area contributed by atoms with Gasteiger partial charge in [0, 0.05) is 11.1 Å². The van der Waals surface area contributed by atoms with Crippen LogP contribution < -0.4 is 4.74 Å². The largest absolute Gasteiger partial charge is 0.508 e. The molecule has 1 heterocycles. The van der Waals surface area contributed by atoms with Crippen LogP contribution in [-0.2, 0) is 0 Å². The fraction of sp³-hybridized carbons (Fsp3) is 0.368. The molecule has 1 fully saturated rings. The summed E-state index contributed by atoms with van der Waals surface area (Å²) in [7, 11) is 1.71. The average molecular weight is 297 g/mol. The zero-order valence-corrected chi connectivity index (χ0v) is 13.0. The Labute approximate surface area is 132 Å². The molecule has 0 saturated carbocycles. The third-order valence-electron chi connectivity index (χ3n) is 4.42. The van der Waals surface area contributed by atoms with E-state index in [4.69, 9.17) is 4.74 Å². The molecule has 116 valence electrons. The SMILES string of the molecule is COc1ccccc1C(c1ccccc1O)N1CCCCC1. The summed E-state index contributed by atoms with van der Waals surface area (Å²) in [5, 5.41) is 10.4. The summed E-state index contributed by atoms with van der Waals surface area (Å²) in [4.78, 5) is 2.45. The van der Waals surface area contributed by atoms with E-state index in [0.29, 0.717) is 5.75 Å². The van der Waals surface area contributed by atoms with Gasteiger partial charge in [-0.25, -0.2) is 0 Å². The van der Waals surface area contributed by atoms with E-state index >= 15 is 0 Å². The Morgan fingerprint density at radius 1 is 0.909 bits per heavy atom. The summed E-state index contributed by atoms with van der Waals surface area (Å²) < 4.78 is 5.57. The van der Waals surface area contributed by atoms with Gasteiger partial charge in [0.2, 0.25) is 0 Å². The number of para-hydroxylation sites is 2. The zero-order valence-electron chi connectivity index (χ0n) is 13.0. The van der Waals surface area contributed by atoms with Gasteiger partial charge < -0.3 is 9.84 Å². The van der Waals surface area contributed by atoms with E-state index in [1.165, 1.54) is 19.3 Å². The Kier molecular flexibility index (Phi) is 4.64. The van der Waals surface area contributed by atoms with Gasteiger partial charge in [0.25, 0.3) is 0 Å². The molecule has 0 spiro atoms. The molecular weight excluding hydrogens is 274 g/mol. The second-order valence-electron chi connectivity index (χ2n) is 5.80. The smallest absolute Gasteiger partial charge is 0.123 e. The van der Waals surface area contributed by atoms with E-state index < -0.39 is 0 Å². The predicted molar refractivity (Wildman–Crippen MR) is 88.4 cm³/mol. The van der Waals surface area contributed by atoms with Crippen molar-refractivity contribution in [1.29, 1.82) is 0 Å². The van der Waals surface area contributed by atoms with Crippen molar-refractivity contribution < 1.29 is 9.84 Å². The number of phenolic OH excluding ortho intramolecular Hbond substituents is 1. The quantitative estimate of drug-likeness (QED) is 0.926. The van der Waals surface area contributed by atoms with Crippen molar-refractivity contribution >= 4 is 0 Å². The van der Waals surface area contributed by atoms with Crippen LogP contribution >= 0.6 is 0 Å². The van der Waals surface area contributed by atoms with Gasteiger partial charge in [-0.05, 0) is 38.1 Å². The molecule has 0 amide bonds. The van der Waals surface area contributed by atoms with E-state index in [-0.39, 0.29) is 6.04 Å². The third kappa shape index (κ3) is 2.95. The van der Waals surface area contributed by atoms with Gasteiger partial charge in [-0.3, -0.25) is 4.90 Å². The first kappa shape index (κ1) is 14.9. The minimum atomic E-state index is 0.0395. The Morgan fingerprint density at radius 2 is 1.55 bits per heavy atom. The maximum absolute atomic E-state index is 10.4. The molecule has 1 aliphatic rings. The van der Waals surface area contributed by atoms with Crippen molar-refractivity contribution in [3.63, 3.8) is 0 Å². The first-order chi connectivity index (χ1) is 10.8. The average Bonchev–Trinajstić information content (AvgIpc) is 2.58. The lowest BCUT2D eigenvalue weighted by molar-refractivity contribution is 0.182. The zero-order chi connectivity index (χ0) is 15.4. The Bertz CT molecular complexity index is 620. The fourth-order valence-corrected chi connectivity index (χ4v) is 3.35. The van der Waals surface area contributed by atoms with Crippen molar-refractivity contribution in [2.24, 2.45) is 0 Å². The highest BCUT2D eigenvalue weighted by atomic mass is 16.5. The van der Waals surface area contributed by atoms with Crippen molar-refractivity contribution in [2.45, 2.75) is 25.3 Å². The summed E-state index contributed by atoms with van der Waals surface area (Å²) in [5.74, 6) is 1.23. The van der Waals surface area contributed by atoms with Gasteiger partial charge in [0.15, 0.2) is 0 Å². The van der Waals surface area contributed by atoms with E-state index in [1.807, 2.05) is 36.4 Å². The maximum Gasteiger partial charge on any atom is 0.123 e. The molecule has 1 saturated heterocycles. The van der Waals surface area contributed by atoms with Crippen LogP contribution in [0.4, 0.5) is 0 Å². The Balaban J connectivity index is 2.08. The van der Waals surface area contributed by atoms with Crippen LogP contribution in [0.1, 0.15) is 36.4 Å². The van der Waals surface area contributed by atoms with E-state index in [9.17, 15) is 5.11 Å². The highest BCUT2D eigenvalue weighted by Gasteiger charge is 2.28.